The third kappa shape index (κ3) is 8.02. The molecule has 2 rings (SSSR count). The highest BCUT2D eigenvalue weighted by Gasteiger charge is 2.08. The number of ether oxygens (including phenoxy) is 4. The average molecular weight is 452 g/mol. The zero-order valence-corrected chi connectivity index (χ0v) is 18.7. The van der Waals surface area contributed by atoms with Crippen LogP contribution in [0.15, 0.2) is 60.4 Å². The quantitative estimate of drug-likeness (QED) is 0.197. The Morgan fingerprint density at radius 3 is 1.61 bits per heavy atom. The maximum absolute atomic E-state index is 12.1. The fraction of sp³-hybridized carbons (Fsp3) is 0.160. The van der Waals surface area contributed by atoms with E-state index in [0.29, 0.717) is 22.6 Å². The molecule has 0 aliphatic carbocycles. The summed E-state index contributed by atoms with van der Waals surface area (Å²) >= 11 is 0. The molecule has 0 bridgehead atoms. The van der Waals surface area contributed by atoms with E-state index in [4.69, 9.17) is 18.9 Å². The van der Waals surface area contributed by atoms with Crippen LogP contribution < -0.4 is 18.9 Å². The van der Waals surface area contributed by atoms with Gasteiger partial charge in [0, 0.05) is 19.9 Å². The fourth-order valence-electron chi connectivity index (χ4n) is 2.66. The van der Waals surface area contributed by atoms with Crippen LogP contribution >= 0.6 is 0 Å². The summed E-state index contributed by atoms with van der Waals surface area (Å²) in [5.41, 5.74) is 1.30. The van der Waals surface area contributed by atoms with Gasteiger partial charge in [0.25, 0.3) is 0 Å². The lowest BCUT2D eigenvalue weighted by Crippen LogP contribution is -2.03. The van der Waals surface area contributed by atoms with Gasteiger partial charge < -0.3 is 24.1 Å². The number of benzene rings is 2. The molecule has 0 aromatic heterocycles. The van der Waals surface area contributed by atoms with Crippen LogP contribution in [0.2, 0.25) is 0 Å². The van der Waals surface area contributed by atoms with Gasteiger partial charge in [-0.05, 0) is 47.5 Å². The van der Waals surface area contributed by atoms with Gasteiger partial charge in [-0.3, -0.25) is 14.4 Å². The number of ketones is 1. The van der Waals surface area contributed by atoms with Gasteiger partial charge in [-0.25, -0.2) is 0 Å². The minimum absolute atomic E-state index is 0.254. The molecule has 0 amide bonds. The Morgan fingerprint density at radius 2 is 1.18 bits per heavy atom. The molecule has 33 heavy (non-hydrogen) atoms. The van der Waals surface area contributed by atoms with E-state index in [1.165, 1.54) is 46.3 Å². The molecule has 0 aliphatic rings. The molecule has 2 aromatic carbocycles. The average Bonchev–Trinajstić information content (AvgIpc) is 2.76. The Morgan fingerprint density at radius 1 is 0.727 bits per heavy atom. The van der Waals surface area contributed by atoms with E-state index in [1.54, 1.807) is 42.5 Å². The lowest BCUT2D eigenvalue weighted by Gasteiger charge is -2.08. The van der Waals surface area contributed by atoms with E-state index in [0.717, 1.165) is 6.08 Å². The van der Waals surface area contributed by atoms with Crippen molar-refractivity contribution >= 4 is 29.9 Å². The summed E-state index contributed by atoms with van der Waals surface area (Å²) in [7, 11) is 2.88. The molecule has 0 spiro atoms. The highest BCUT2D eigenvalue weighted by atomic mass is 16.6. The molecule has 2 aromatic rings. The van der Waals surface area contributed by atoms with Gasteiger partial charge in [-0.2, -0.15) is 0 Å². The van der Waals surface area contributed by atoms with E-state index in [1.807, 2.05) is 0 Å². The van der Waals surface area contributed by atoms with Crippen LogP contribution in [-0.2, 0) is 14.4 Å². The minimum Gasteiger partial charge on any atom is -0.508 e. The second-order valence-corrected chi connectivity index (χ2v) is 6.65. The third-order valence-electron chi connectivity index (χ3n) is 4.06. The van der Waals surface area contributed by atoms with Crippen molar-refractivity contribution in [2.45, 2.75) is 13.8 Å². The van der Waals surface area contributed by atoms with E-state index in [2.05, 4.69) is 0 Å². The maximum atomic E-state index is 12.1. The van der Waals surface area contributed by atoms with E-state index >= 15 is 0 Å². The molecule has 0 aliphatic heterocycles. The number of aliphatic hydroxyl groups excluding tert-OH is 1. The Bertz CT molecular complexity index is 1130. The molecule has 0 heterocycles. The van der Waals surface area contributed by atoms with Crippen LogP contribution in [0.3, 0.4) is 0 Å². The minimum atomic E-state index is -0.473. The van der Waals surface area contributed by atoms with Gasteiger partial charge in [0.15, 0.2) is 28.8 Å². The number of esters is 2. The molecule has 172 valence electrons. The number of aliphatic hydroxyl groups is 1. The smallest absolute Gasteiger partial charge is 0.308 e. The first-order chi connectivity index (χ1) is 15.7. The van der Waals surface area contributed by atoms with Crippen LogP contribution in [0.25, 0.3) is 12.2 Å². The van der Waals surface area contributed by atoms with Crippen LogP contribution in [0, 0.1) is 0 Å². The van der Waals surface area contributed by atoms with Crippen molar-refractivity contribution in [1.29, 1.82) is 0 Å². The Kier molecular flexibility index (Phi) is 8.99. The summed E-state index contributed by atoms with van der Waals surface area (Å²) in [5, 5.41) is 10.0. The topological polar surface area (TPSA) is 108 Å². The van der Waals surface area contributed by atoms with Crippen molar-refractivity contribution in [1.82, 2.24) is 0 Å². The number of rotatable bonds is 9. The summed E-state index contributed by atoms with van der Waals surface area (Å²) in [6.07, 6.45) is 6.79. The van der Waals surface area contributed by atoms with Crippen molar-refractivity contribution in [2.75, 3.05) is 14.2 Å². The summed E-state index contributed by atoms with van der Waals surface area (Å²) in [5.74, 6) is -0.394. The number of carbonyl (C=O) groups excluding carboxylic acids is 3. The Hall–Kier alpha value is -4.33. The molecule has 0 fully saturated rings. The van der Waals surface area contributed by atoms with Crippen molar-refractivity contribution in [2.24, 2.45) is 0 Å². The van der Waals surface area contributed by atoms with Crippen molar-refractivity contribution in [3.8, 4) is 23.0 Å². The van der Waals surface area contributed by atoms with Crippen LogP contribution in [0.1, 0.15) is 25.0 Å². The maximum Gasteiger partial charge on any atom is 0.308 e. The summed E-state index contributed by atoms with van der Waals surface area (Å²) in [4.78, 5) is 34.4. The molecule has 0 saturated carbocycles. The number of hydrogen-bond acceptors (Lipinski definition) is 8. The molecular formula is C25H24O8. The summed E-state index contributed by atoms with van der Waals surface area (Å²) < 4.78 is 20.5. The number of hydrogen-bond donors (Lipinski definition) is 1. The molecule has 0 radical (unpaired) electrons. The van der Waals surface area contributed by atoms with E-state index in [9.17, 15) is 19.5 Å². The standard InChI is InChI=1S/C25H24O8/c1-16(26)32-22-11-7-18(13-24(22)30-3)5-9-20(28)15-21(29)10-6-19-8-12-23(33-17(2)27)25(14-19)31-4/h5-15,28H,1-4H3/b9-5+,10-6+,20-15-. The molecular weight excluding hydrogens is 428 g/mol. The molecule has 0 saturated heterocycles. The molecule has 0 unspecified atom stereocenters. The van der Waals surface area contributed by atoms with Crippen molar-refractivity contribution in [3.05, 3.63) is 71.5 Å². The van der Waals surface area contributed by atoms with Gasteiger partial charge in [-0.1, -0.05) is 24.3 Å². The highest BCUT2D eigenvalue weighted by molar-refractivity contribution is 6.02. The third-order valence-corrected chi connectivity index (χ3v) is 4.06. The van der Waals surface area contributed by atoms with Crippen molar-refractivity contribution < 1.29 is 38.4 Å². The highest BCUT2D eigenvalue weighted by Crippen LogP contribution is 2.29. The Balaban J connectivity index is 2.08. The van der Waals surface area contributed by atoms with Gasteiger partial charge >= 0.3 is 11.9 Å². The lowest BCUT2D eigenvalue weighted by molar-refractivity contribution is -0.132. The predicted molar refractivity (Wildman–Crippen MR) is 122 cm³/mol. The first-order valence-corrected chi connectivity index (χ1v) is 9.75. The zero-order valence-electron chi connectivity index (χ0n) is 18.7. The molecule has 8 heteroatoms. The van der Waals surface area contributed by atoms with Gasteiger partial charge in [-0.15, -0.1) is 0 Å². The molecule has 8 nitrogen and oxygen atoms in total. The van der Waals surface area contributed by atoms with Crippen LogP contribution in [0.4, 0.5) is 0 Å². The monoisotopic (exact) mass is 452 g/mol. The second kappa shape index (κ2) is 11.9. The summed E-state index contributed by atoms with van der Waals surface area (Å²) in [6, 6.07) is 9.67. The SMILES string of the molecule is COc1cc(/C=C/C(=O)/C=C(O)/C=C/c2ccc(OC(C)=O)c(OC)c2)ccc1OC(C)=O. The summed E-state index contributed by atoms with van der Waals surface area (Å²) in [6.45, 7) is 2.57. The first kappa shape index (κ1) is 24.9. The second-order valence-electron chi connectivity index (χ2n) is 6.65. The lowest BCUT2D eigenvalue weighted by atomic mass is 10.1. The van der Waals surface area contributed by atoms with E-state index in [-0.39, 0.29) is 17.3 Å². The van der Waals surface area contributed by atoms with Crippen LogP contribution in [0.5, 0.6) is 23.0 Å². The van der Waals surface area contributed by atoms with E-state index < -0.39 is 17.7 Å². The Labute approximate surface area is 191 Å². The molecule has 1 N–H and O–H groups in total. The largest absolute Gasteiger partial charge is 0.508 e. The van der Waals surface area contributed by atoms with Crippen molar-refractivity contribution in [3.63, 3.8) is 0 Å². The number of methoxy groups -OCH3 is 2. The number of allylic oxidation sites excluding steroid dienone is 3. The normalized spacial score (nSPS) is 11.5. The van der Waals surface area contributed by atoms with Gasteiger partial charge in [0.2, 0.25) is 0 Å². The predicted octanol–water partition coefficient (Wildman–Crippen LogP) is 4.29. The number of carbonyl (C=O) groups is 3. The zero-order chi connectivity index (χ0) is 24.4. The molecule has 0 atom stereocenters. The first-order valence-electron chi connectivity index (χ1n) is 9.75. The fourth-order valence-corrected chi connectivity index (χ4v) is 2.66. The van der Waals surface area contributed by atoms with Gasteiger partial charge in [0.05, 0.1) is 14.2 Å². The van der Waals surface area contributed by atoms with Gasteiger partial charge in [0.1, 0.15) is 5.76 Å². The van der Waals surface area contributed by atoms with Crippen LogP contribution in [-0.4, -0.2) is 37.0 Å².